The summed E-state index contributed by atoms with van der Waals surface area (Å²) in [6.45, 7) is 1.000. The van der Waals surface area contributed by atoms with Crippen molar-refractivity contribution in [1.82, 2.24) is 34.6 Å². The summed E-state index contributed by atoms with van der Waals surface area (Å²) >= 11 is 0. The summed E-state index contributed by atoms with van der Waals surface area (Å²) in [7, 11) is 0. The van der Waals surface area contributed by atoms with Crippen LogP contribution in [0.15, 0.2) is 60.0 Å². The fourth-order valence-corrected chi connectivity index (χ4v) is 3.88. The van der Waals surface area contributed by atoms with Crippen molar-refractivity contribution in [2.45, 2.75) is 25.0 Å². The lowest BCUT2D eigenvalue weighted by Gasteiger charge is -2.38. The smallest absolute Gasteiger partial charge is 0.321 e. The van der Waals surface area contributed by atoms with Gasteiger partial charge < -0.3 is 19.7 Å². The molecular formula is C22H21N7O4. The first-order valence-electron chi connectivity index (χ1n) is 10.5. The molecule has 0 spiro atoms. The van der Waals surface area contributed by atoms with Crippen molar-refractivity contribution in [3.63, 3.8) is 0 Å². The first-order valence-corrected chi connectivity index (χ1v) is 10.5. The monoisotopic (exact) mass is 447 g/mol. The minimum Gasteiger partial charge on any atom is -0.424 e. The molecule has 11 nitrogen and oxygen atoms in total. The second-order valence-electron chi connectivity index (χ2n) is 7.95. The number of nitrogens with one attached hydrogen (secondary N) is 1. The molecule has 0 saturated carbocycles. The highest BCUT2D eigenvalue weighted by Crippen LogP contribution is 2.26. The number of H-pyrrole nitrogens is 1. The van der Waals surface area contributed by atoms with Crippen molar-refractivity contribution in [1.29, 1.82) is 0 Å². The van der Waals surface area contributed by atoms with Crippen LogP contribution in [-0.4, -0.2) is 64.3 Å². The molecule has 11 heteroatoms. The van der Waals surface area contributed by atoms with E-state index in [-0.39, 0.29) is 24.0 Å². The van der Waals surface area contributed by atoms with E-state index in [2.05, 4.69) is 25.0 Å². The first-order chi connectivity index (χ1) is 16.0. The van der Waals surface area contributed by atoms with Crippen LogP contribution < -0.4 is 10.3 Å². The van der Waals surface area contributed by atoms with E-state index in [1.165, 1.54) is 17.2 Å². The van der Waals surface area contributed by atoms with Gasteiger partial charge in [0.05, 0.1) is 24.7 Å². The largest absolute Gasteiger partial charge is 0.424 e. The minimum atomic E-state index is -1.05. The lowest BCUT2D eigenvalue weighted by Crippen LogP contribution is -2.48. The molecule has 4 heterocycles. The number of nitrogens with zero attached hydrogens (tertiary/aromatic N) is 6. The van der Waals surface area contributed by atoms with Gasteiger partial charge in [-0.3, -0.25) is 9.59 Å². The normalized spacial score (nSPS) is 15.5. The molecule has 1 aromatic carbocycles. The molecule has 5 rings (SSSR count). The van der Waals surface area contributed by atoms with E-state index >= 15 is 0 Å². The van der Waals surface area contributed by atoms with E-state index in [9.17, 15) is 14.7 Å². The van der Waals surface area contributed by atoms with E-state index in [4.69, 9.17) is 4.74 Å². The standard InChI is InChI=1S/C22H21N7O4/c30-19-17-12-27-29(18(17)25-14-26-19)13-22(32)6-10-28(11-7-22)20(31)15-2-4-16(5-3-15)33-21-23-8-1-9-24-21/h1-5,8-9,12,14,32H,6-7,10-11,13H2,(H,25,26,30). The number of fused-ring (bicyclic) bond motifs is 1. The SMILES string of the molecule is O=C(c1ccc(Oc2ncccn2)cc1)N1CCC(O)(Cn2ncc3c(=O)[nH]cnc32)CC1. The summed E-state index contributed by atoms with van der Waals surface area (Å²) in [6.07, 6.45) is 6.70. The number of likely N-dealkylation sites (tertiary alicyclic amines) is 1. The first kappa shape index (κ1) is 20.8. The molecule has 0 aliphatic carbocycles. The number of amides is 1. The molecule has 2 N–H and O–H groups in total. The molecule has 1 aliphatic heterocycles. The van der Waals surface area contributed by atoms with E-state index in [1.807, 2.05) is 0 Å². The van der Waals surface area contributed by atoms with Gasteiger partial charge in [0.1, 0.15) is 11.1 Å². The lowest BCUT2D eigenvalue weighted by molar-refractivity contribution is -0.0307. The van der Waals surface area contributed by atoms with Crippen LogP contribution >= 0.6 is 0 Å². The molecule has 0 radical (unpaired) electrons. The van der Waals surface area contributed by atoms with E-state index in [0.717, 1.165) is 0 Å². The highest BCUT2D eigenvalue weighted by atomic mass is 16.5. The van der Waals surface area contributed by atoms with Crippen molar-refractivity contribution >= 4 is 16.9 Å². The van der Waals surface area contributed by atoms with Crippen LogP contribution in [0.1, 0.15) is 23.2 Å². The zero-order chi connectivity index (χ0) is 22.8. The fraction of sp³-hybridized carbons (Fsp3) is 0.273. The predicted octanol–water partition coefficient (Wildman–Crippen LogP) is 1.37. The Bertz CT molecular complexity index is 1330. The number of carbonyl (C=O) groups excluding carboxylic acids is 1. The third-order valence-corrected chi connectivity index (χ3v) is 5.72. The molecule has 0 atom stereocenters. The Labute approximate surface area is 187 Å². The van der Waals surface area contributed by atoms with E-state index in [1.54, 1.807) is 47.6 Å². The second kappa shape index (κ2) is 8.43. The summed E-state index contributed by atoms with van der Waals surface area (Å²) < 4.78 is 7.10. The Balaban J connectivity index is 1.21. The molecule has 0 bridgehead atoms. The van der Waals surface area contributed by atoms with Gasteiger partial charge in [-0.25, -0.2) is 19.6 Å². The number of piperidine rings is 1. The van der Waals surface area contributed by atoms with Gasteiger partial charge in [0.2, 0.25) is 0 Å². The van der Waals surface area contributed by atoms with Crippen LogP contribution in [0.2, 0.25) is 0 Å². The van der Waals surface area contributed by atoms with Crippen LogP contribution in [0.25, 0.3) is 11.0 Å². The number of aromatic amines is 1. The van der Waals surface area contributed by atoms with Crippen LogP contribution in [0.5, 0.6) is 11.8 Å². The quantitative estimate of drug-likeness (QED) is 0.468. The molecule has 1 fully saturated rings. The average molecular weight is 447 g/mol. The number of aliphatic hydroxyl groups is 1. The Morgan fingerprint density at radius 3 is 2.58 bits per heavy atom. The van der Waals surface area contributed by atoms with Gasteiger partial charge >= 0.3 is 6.01 Å². The number of hydrogen-bond acceptors (Lipinski definition) is 8. The summed E-state index contributed by atoms with van der Waals surface area (Å²) in [4.78, 5) is 41.2. The number of carbonyl (C=O) groups is 1. The maximum atomic E-state index is 12.9. The van der Waals surface area contributed by atoms with Gasteiger partial charge in [0.15, 0.2) is 5.65 Å². The third kappa shape index (κ3) is 4.30. The average Bonchev–Trinajstić information content (AvgIpc) is 3.24. The predicted molar refractivity (Wildman–Crippen MR) is 117 cm³/mol. The summed E-state index contributed by atoms with van der Waals surface area (Å²) in [6, 6.07) is 8.71. The highest BCUT2D eigenvalue weighted by Gasteiger charge is 2.35. The Morgan fingerprint density at radius 1 is 1.12 bits per heavy atom. The number of ether oxygens (including phenoxy) is 1. The highest BCUT2D eigenvalue weighted by molar-refractivity contribution is 5.94. The number of rotatable bonds is 5. The van der Waals surface area contributed by atoms with Gasteiger partial charge in [-0.05, 0) is 43.2 Å². The molecule has 1 saturated heterocycles. The van der Waals surface area contributed by atoms with E-state index < -0.39 is 5.60 Å². The topological polar surface area (TPSA) is 139 Å². The van der Waals surface area contributed by atoms with Crippen molar-refractivity contribution in [2.24, 2.45) is 0 Å². The number of aromatic nitrogens is 6. The zero-order valence-corrected chi connectivity index (χ0v) is 17.6. The van der Waals surface area contributed by atoms with E-state index in [0.29, 0.717) is 48.3 Å². The summed E-state index contributed by atoms with van der Waals surface area (Å²) in [5.41, 5.74) is -0.364. The van der Waals surface area contributed by atoms with Gasteiger partial charge in [-0.1, -0.05) is 0 Å². The molecule has 33 heavy (non-hydrogen) atoms. The minimum absolute atomic E-state index is 0.114. The van der Waals surface area contributed by atoms with Crippen LogP contribution in [0, 0.1) is 0 Å². The number of hydrogen-bond donors (Lipinski definition) is 2. The van der Waals surface area contributed by atoms with Crippen molar-refractivity contribution in [3.8, 4) is 11.8 Å². The molecule has 0 unspecified atom stereocenters. The molecule has 1 amide bonds. The van der Waals surface area contributed by atoms with Gasteiger partial charge in [0, 0.05) is 31.0 Å². The molecule has 4 aromatic rings. The Hall–Kier alpha value is -4.12. The molecule has 1 aliphatic rings. The summed E-state index contributed by atoms with van der Waals surface area (Å²) in [5, 5.41) is 15.7. The van der Waals surface area contributed by atoms with Crippen molar-refractivity contribution < 1.29 is 14.6 Å². The second-order valence-corrected chi connectivity index (χ2v) is 7.95. The van der Waals surface area contributed by atoms with Gasteiger partial charge in [-0.2, -0.15) is 5.10 Å². The fourth-order valence-electron chi connectivity index (χ4n) is 3.88. The van der Waals surface area contributed by atoms with Crippen LogP contribution in [-0.2, 0) is 6.54 Å². The summed E-state index contributed by atoms with van der Waals surface area (Å²) in [5.74, 6) is 0.418. The zero-order valence-electron chi connectivity index (χ0n) is 17.6. The van der Waals surface area contributed by atoms with Gasteiger partial charge in [-0.15, -0.1) is 0 Å². The van der Waals surface area contributed by atoms with Crippen molar-refractivity contribution in [2.75, 3.05) is 13.1 Å². The molecular weight excluding hydrogens is 426 g/mol. The maximum absolute atomic E-state index is 12.9. The molecule has 168 valence electrons. The van der Waals surface area contributed by atoms with Gasteiger partial charge in [0.25, 0.3) is 11.5 Å². The van der Waals surface area contributed by atoms with Crippen LogP contribution in [0.4, 0.5) is 0 Å². The maximum Gasteiger partial charge on any atom is 0.321 e. The molecule has 3 aromatic heterocycles. The third-order valence-electron chi connectivity index (χ3n) is 5.72. The van der Waals surface area contributed by atoms with Crippen molar-refractivity contribution in [3.05, 3.63) is 71.2 Å². The Morgan fingerprint density at radius 2 is 1.85 bits per heavy atom. The lowest BCUT2D eigenvalue weighted by atomic mass is 9.91. The van der Waals surface area contributed by atoms with Crippen LogP contribution in [0.3, 0.4) is 0 Å². The Kier molecular flexibility index (Phi) is 5.31. The number of benzene rings is 1.